The minimum Gasteiger partial charge on any atom is -0.389 e. The third-order valence-corrected chi connectivity index (χ3v) is 1.38. The largest absolute Gasteiger partial charge is 0.389 e. The molecule has 0 radical (unpaired) electrons. The molecule has 2 nitrogen and oxygen atoms in total. The van der Waals surface area contributed by atoms with Gasteiger partial charge >= 0.3 is 0 Å². The van der Waals surface area contributed by atoms with Crippen molar-refractivity contribution in [2.75, 3.05) is 5.73 Å². The van der Waals surface area contributed by atoms with Crippen LogP contribution in [0.25, 0.3) is 0 Å². The van der Waals surface area contributed by atoms with Crippen molar-refractivity contribution in [2.45, 2.75) is 0 Å². The summed E-state index contributed by atoms with van der Waals surface area (Å²) >= 11 is 1.51. The third kappa shape index (κ3) is 0.930. The van der Waals surface area contributed by atoms with Gasteiger partial charge in [0.2, 0.25) is 0 Å². The van der Waals surface area contributed by atoms with Crippen LogP contribution in [-0.4, -0.2) is 12.8 Å². The molecule has 0 aliphatic carbocycles. The van der Waals surface area contributed by atoms with Crippen molar-refractivity contribution < 1.29 is 0 Å². The van der Waals surface area contributed by atoms with E-state index in [1.54, 1.807) is 6.20 Å². The lowest BCUT2D eigenvalue weighted by molar-refractivity contribution is 1.47. The van der Waals surface area contributed by atoms with Gasteiger partial charge in [0.15, 0.2) is 7.85 Å². The first kappa shape index (κ1) is 4.65. The Morgan fingerprint density at radius 2 is 2.57 bits per heavy atom. The number of hydrogen-bond donors (Lipinski definition) is 1. The number of nitrogens with zero attached hydrogens (tertiary/aromatic N) is 1. The van der Waals surface area contributed by atoms with E-state index in [1.807, 2.05) is 7.85 Å². The van der Waals surface area contributed by atoms with E-state index >= 15 is 0 Å². The summed E-state index contributed by atoms with van der Waals surface area (Å²) in [5, 5.41) is 0.789. The lowest BCUT2D eigenvalue weighted by Gasteiger charge is -1.70. The molecule has 0 aromatic carbocycles. The molecule has 36 valence electrons. The lowest BCUT2D eigenvalue weighted by atomic mass is 10.2. The van der Waals surface area contributed by atoms with Crippen molar-refractivity contribution in [1.82, 2.24) is 4.98 Å². The van der Waals surface area contributed by atoms with Gasteiger partial charge in [-0.3, -0.25) is 4.98 Å². The van der Waals surface area contributed by atoms with Gasteiger partial charge in [0.25, 0.3) is 0 Å². The molecule has 0 unspecified atom stereocenters. The SMILES string of the molecule is Bc1ncc(N)s1. The maximum absolute atomic E-state index is 5.33. The zero-order valence-corrected chi connectivity index (χ0v) is 4.83. The average molecular weight is 112 g/mol. The van der Waals surface area contributed by atoms with Gasteiger partial charge in [-0.1, -0.05) is 0 Å². The van der Waals surface area contributed by atoms with Gasteiger partial charge in [-0.05, 0) is 0 Å². The van der Waals surface area contributed by atoms with Gasteiger partial charge in [0, 0.05) is 4.91 Å². The Kier molecular flexibility index (Phi) is 1.02. The molecule has 0 saturated heterocycles. The van der Waals surface area contributed by atoms with Crippen molar-refractivity contribution in [3.05, 3.63) is 6.20 Å². The van der Waals surface area contributed by atoms with Crippen LogP contribution in [0.2, 0.25) is 0 Å². The summed E-state index contributed by atoms with van der Waals surface area (Å²) in [6, 6.07) is 0. The Labute approximate surface area is 46.8 Å². The van der Waals surface area contributed by atoms with Gasteiger partial charge in [-0.25, -0.2) is 0 Å². The van der Waals surface area contributed by atoms with Crippen LogP contribution in [0.1, 0.15) is 0 Å². The second kappa shape index (κ2) is 1.54. The molecule has 0 bridgehead atoms. The number of thiazole rings is 1. The predicted octanol–water partition coefficient (Wildman–Crippen LogP) is -1.02. The standard InChI is InChI=1S/C3H5BN2S/c4-3-6-1-2(5)7-3/h1H,4-5H2. The zero-order valence-electron chi connectivity index (χ0n) is 4.01. The molecule has 2 N–H and O–H groups in total. The van der Waals surface area contributed by atoms with Gasteiger partial charge in [-0.15, -0.1) is 11.3 Å². The van der Waals surface area contributed by atoms with E-state index < -0.39 is 0 Å². The lowest BCUT2D eigenvalue weighted by Crippen LogP contribution is -1.95. The van der Waals surface area contributed by atoms with Crippen LogP contribution in [0, 0.1) is 0 Å². The van der Waals surface area contributed by atoms with Crippen LogP contribution < -0.4 is 10.6 Å². The number of nitrogen functional groups attached to an aromatic ring is 1. The molecular formula is C3H5BN2S. The molecule has 0 atom stereocenters. The number of rotatable bonds is 0. The molecule has 7 heavy (non-hydrogen) atoms. The Balaban J connectivity index is 3.04. The number of anilines is 1. The molecule has 0 saturated carbocycles. The Morgan fingerprint density at radius 3 is 2.71 bits per heavy atom. The van der Waals surface area contributed by atoms with E-state index in [-0.39, 0.29) is 0 Å². The van der Waals surface area contributed by atoms with Gasteiger partial charge in [0.1, 0.15) is 5.00 Å². The summed E-state index contributed by atoms with van der Waals surface area (Å²) in [5.41, 5.74) is 5.33. The summed E-state index contributed by atoms with van der Waals surface area (Å²) in [6.07, 6.45) is 1.67. The van der Waals surface area contributed by atoms with Crippen LogP contribution >= 0.6 is 11.3 Å². The predicted molar refractivity (Wildman–Crippen MR) is 34.7 cm³/mol. The van der Waals surface area contributed by atoms with E-state index in [1.165, 1.54) is 11.3 Å². The Morgan fingerprint density at radius 1 is 1.86 bits per heavy atom. The summed E-state index contributed by atoms with van der Waals surface area (Å²) in [6.45, 7) is 0. The fourth-order valence-corrected chi connectivity index (χ4v) is 0.930. The maximum Gasteiger partial charge on any atom is 0.177 e. The highest BCUT2D eigenvalue weighted by Crippen LogP contribution is 2.01. The second-order valence-corrected chi connectivity index (χ2v) is 2.55. The van der Waals surface area contributed by atoms with Crippen LogP contribution in [-0.2, 0) is 0 Å². The van der Waals surface area contributed by atoms with Crippen molar-refractivity contribution in [2.24, 2.45) is 0 Å². The summed E-state index contributed by atoms with van der Waals surface area (Å²) in [5.74, 6) is 0. The maximum atomic E-state index is 5.33. The number of aromatic nitrogens is 1. The normalized spacial score (nSPS) is 9.14. The van der Waals surface area contributed by atoms with Crippen LogP contribution in [0.15, 0.2) is 6.20 Å². The van der Waals surface area contributed by atoms with Gasteiger partial charge < -0.3 is 5.73 Å². The van der Waals surface area contributed by atoms with Crippen LogP contribution in [0.4, 0.5) is 5.00 Å². The Hall–Kier alpha value is -0.505. The highest BCUT2D eigenvalue weighted by molar-refractivity contribution is 7.22. The fourth-order valence-electron chi connectivity index (χ4n) is 0.378. The molecule has 4 heteroatoms. The Bertz CT molecular complexity index is 145. The highest BCUT2D eigenvalue weighted by atomic mass is 32.1. The first-order valence-corrected chi connectivity index (χ1v) is 2.78. The van der Waals surface area contributed by atoms with Crippen LogP contribution in [0.3, 0.4) is 0 Å². The molecule has 0 aliphatic heterocycles. The first-order chi connectivity index (χ1) is 3.29. The van der Waals surface area contributed by atoms with Crippen molar-refractivity contribution in [1.29, 1.82) is 0 Å². The average Bonchev–Trinajstić information content (AvgIpc) is 1.87. The molecule has 1 aromatic rings. The highest BCUT2D eigenvalue weighted by Gasteiger charge is 1.86. The smallest absolute Gasteiger partial charge is 0.177 e. The van der Waals surface area contributed by atoms with Gasteiger partial charge in [-0.2, -0.15) is 0 Å². The molecule has 1 aromatic heterocycles. The third-order valence-electron chi connectivity index (χ3n) is 0.639. The topological polar surface area (TPSA) is 38.9 Å². The van der Waals surface area contributed by atoms with E-state index in [4.69, 9.17) is 5.73 Å². The minimum absolute atomic E-state index is 0.789. The number of nitrogens with two attached hydrogens (primary N) is 1. The van der Waals surface area contributed by atoms with E-state index in [0.717, 1.165) is 9.91 Å². The van der Waals surface area contributed by atoms with Crippen molar-refractivity contribution >= 4 is 29.1 Å². The summed E-state index contributed by atoms with van der Waals surface area (Å²) < 4.78 is 0. The van der Waals surface area contributed by atoms with E-state index in [2.05, 4.69) is 4.98 Å². The van der Waals surface area contributed by atoms with Gasteiger partial charge in [0.05, 0.1) is 6.20 Å². The molecule has 0 spiro atoms. The monoisotopic (exact) mass is 112 g/mol. The van der Waals surface area contributed by atoms with Crippen molar-refractivity contribution in [3.63, 3.8) is 0 Å². The minimum atomic E-state index is 0.789. The molecule has 1 heterocycles. The molecule has 0 fully saturated rings. The zero-order chi connectivity index (χ0) is 5.28. The second-order valence-electron chi connectivity index (χ2n) is 1.28. The van der Waals surface area contributed by atoms with E-state index in [9.17, 15) is 0 Å². The molecular weight excluding hydrogens is 107 g/mol. The van der Waals surface area contributed by atoms with Crippen LogP contribution in [0.5, 0.6) is 0 Å². The molecule has 0 amide bonds. The summed E-state index contributed by atoms with van der Waals surface area (Å²) in [4.78, 5) is 4.94. The quantitative estimate of drug-likeness (QED) is 0.436. The molecule has 1 rings (SSSR count). The fraction of sp³-hybridized carbons (Fsp3) is 0. The first-order valence-electron chi connectivity index (χ1n) is 1.97. The number of hydrogen-bond acceptors (Lipinski definition) is 3. The van der Waals surface area contributed by atoms with Crippen molar-refractivity contribution in [3.8, 4) is 0 Å². The van der Waals surface area contributed by atoms with E-state index in [0.29, 0.717) is 0 Å². The molecule has 0 aliphatic rings. The summed E-state index contributed by atoms with van der Waals surface area (Å²) in [7, 11) is 1.93.